The summed E-state index contributed by atoms with van der Waals surface area (Å²) >= 11 is 0. The normalized spacial score (nSPS) is 10.3. The maximum absolute atomic E-state index is 12.2. The minimum Gasteiger partial charge on any atom is -0.493 e. The Morgan fingerprint density at radius 3 is 2.32 bits per heavy atom. The van der Waals surface area contributed by atoms with Crippen molar-refractivity contribution < 1.29 is 33.3 Å². The van der Waals surface area contributed by atoms with Gasteiger partial charge in [0.2, 0.25) is 0 Å². The average molecular weight is 429 g/mol. The third-order valence-corrected chi connectivity index (χ3v) is 3.92. The van der Waals surface area contributed by atoms with Crippen LogP contribution in [0.1, 0.15) is 15.9 Å². The highest BCUT2D eigenvalue weighted by atomic mass is 16.6. The summed E-state index contributed by atoms with van der Waals surface area (Å²) < 4.78 is 20.0. The minimum atomic E-state index is -0.497. The number of methoxy groups -OCH3 is 3. The van der Waals surface area contributed by atoms with Crippen molar-refractivity contribution in [3.63, 3.8) is 0 Å². The Labute approximate surface area is 179 Å². The van der Waals surface area contributed by atoms with E-state index in [0.29, 0.717) is 28.4 Å². The highest BCUT2D eigenvalue weighted by Gasteiger charge is 2.11. The molecular formula is C21H23N3O7. The predicted molar refractivity (Wildman–Crippen MR) is 112 cm³/mol. The lowest BCUT2D eigenvalue weighted by molar-refractivity contribution is -0.142. The van der Waals surface area contributed by atoms with Gasteiger partial charge in [0.15, 0.2) is 18.1 Å². The predicted octanol–water partition coefficient (Wildman–Crippen LogP) is 1.14. The molecule has 0 heterocycles. The molecular weight excluding hydrogens is 406 g/mol. The standard InChI is InChI=1S/C21H23N3O7/c1-28-17-9-6-15(10-18(17)29-2)21(27)22-12-19(25)24-23-11-14-4-7-16(8-5-14)31-13-20(26)30-3/h4-11H,12-13H2,1-3H3,(H,22,27)(H,24,25). The molecule has 10 heteroatoms. The molecule has 0 aliphatic carbocycles. The first-order valence-corrected chi connectivity index (χ1v) is 9.08. The molecule has 0 saturated heterocycles. The third kappa shape index (κ3) is 7.35. The van der Waals surface area contributed by atoms with Crippen LogP contribution in [0.2, 0.25) is 0 Å². The lowest BCUT2D eigenvalue weighted by atomic mass is 10.2. The fourth-order valence-electron chi connectivity index (χ4n) is 2.31. The van der Waals surface area contributed by atoms with Gasteiger partial charge in [-0.1, -0.05) is 0 Å². The van der Waals surface area contributed by atoms with Gasteiger partial charge < -0.3 is 24.3 Å². The summed E-state index contributed by atoms with van der Waals surface area (Å²) in [5.41, 5.74) is 3.34. The van der Waals surface area contributed by atoms with E-state index in [1.165, 1.54) is 33.6 Å². The van der Waals surface area contributed by atoms with Gasteiger partial charge in [-0.3, -0.25) is 9.59 Å². The fourth-order valence-corrected chi connectivity index (χ4v) is 2.31. The minimum absolute atomic E-state index is 0.185. The smallest absolute Gasteiger partial charge is 0.343 e. The van der Waals surface area contributed by atoms with Crippen molar-refractivity contribution in [3.8, 4) is 17.2 Å². The van der Waals surface area contributed by atoms with E-state index in [1.54, 1.807) is 36.4 Å². The Hall–Kier alpha value is -4.08. The second kappa shape index (κ2) is 11.8. The van der Waals surface area contributed by atoms with Gasteiger partial charge in [-0.05, 0) is 48.0 Å². The zero-order chi connectivity index (χ0) is 22.6. The first kappa shape index (κ1) is 23.2. The lowest BCUT2D eigenvalue weighted by Crippen LogP contribution is -2.34. The van der Waals surface area contributed by atoms with Crippen LogP contribution in [0.3, 0.4) is 0 Å². The van der Waals surface area contributed by atoms with Gasteiger partial charge in [-0.25, -0.2) is 10.2 Å². The number of carbonyl (C=O) groups excluding carboxylic acids is 3. The van der Waals surface area contributed by atoms with Crippen molar-refractivity contribution in [1.82, 2.24) is 10.7 Å². The van der Waals surface area contributed by atoms with Crippen molar-refractivity contribution in [2.45, 2.75) is 0 Å². The fraction of sp³-hybridized carbons (Fsp3) is 0.238. The first-order chi connectivity index (χ1) is 15.0. The highest BCUT2D eigenvalue weighted by molar-refractivity contribution is 5.97. The van der Waals surface area contributed by atoms with E-state index in [1.807, 2.05) is 0 Å². The number of nitrogens with zero attached hydrogens (tertiary/aromatic N) is 1. The van der Waals surface area contributed by atoms with Crippen LogP contribution >= 0.6 is 0 Å². The number of carbonyl (C=O) groups is 3. The summed E-state index contributed by atoms with van der Waals surface area (Å²) in [6.07, 6.45) is 1.43. The molecule has 2 N–H and O–H groups in total. The molecule has 0 aromatic heterocycles. The zero-order valence-electron chi connectivity index (χ0n) is 17.3. The maximum atomic E-state index is 12.2. The molecule has 0 aliphatic rings. The van der Waals surface area contributed by atoms with Crippen LogP contribution in [0.15, 0.2) is 47.6 Å². The largest absolute Gasteiger partial charge is 0.493 e. The van der Waals surface area contributed by atoms with E-state index in [0.717, 1.165) is 0 Å². The van der Waals surface area contributed by atoms with Gasteiger partial charge in [-0.2, -0.15) is 5.10 Å². The number of rotatable bonds is 10. The van der Waals surface area contributed by atoms with Crippen LogP contribution in [0, 0.1) is 0 Å². The van der Waals surface area contributed by atoms with E-state index >= 15 is 0 Å². The van der Waals surface area contributed by atoms with Crippen LogP contribution < -0.4 is 25.0 Å². The molecule has 0 radical (unpaired) electrons. The average Bonchev–Trinajstić information content (AvgIpc) is 2.81. The van der Waals surface area contributed by atoms with E-state index in [-0.39, 0.29) is 13.2 Å². The second-order valence-electron chi connectivity index (χ2n) is 5.98. The highest BCUT2D eigenvalue weighted by Crippen LogP contribution is 2.27. The summed E-state index contributed by atoms with van der Waals surface area (Å²) in [6, 6.07) is 11.4. The Balaban J connectivity index is 1.79. The molecule has 0 unspecified atom stereocenters. The van der Waals surface area contributed by atoms with E-state index in [4.69, 9.17) is 14.2 Å². The maximum Gasteiger partial charge on any atom is 0.343 e. The summed E-state index contributed by atoms with van der Waals surface area (Å²) in [5, 5.41) is 6.33. The van der Waals surface area contributed by atoms with Crippen LogP contribution in [0.25, 0.3) is 0 Å². The van der Waals surface area contributed by atoms with E-state index in [9.17, 15) is 14.4 Å². The van der Waals surface area contributed by atoms with Gasteiger partial charge in [0.25, 0.3) is 11.8 Å². The molecule has 10 nitrogen and oxygen atoms in total. The van der Waals surface area contributed by atoms with Gasteiger partial charge in [0.1, 0.15) is 5.75 Å². The summed E-state index contributed by atoms with van der Waals surface area (Å²) in [6.45, 7) is -0.445. The number of nitrogens with one attached hydrogen (secondary N) is 2. The van der Waals surface area contributed by atoms with Crippen LogP contribution in [-0.4, -0.2) is 58.5 Å². The molecule has 2 aromatic rings. The SMILES string of the molecule is COC(=O)COc1ccc(C=NNC(=O)CNC(=O)c2ccc(OC)c(OC)c2)cc1. The number of esters is 1. The monoisotopic (exact) mass is 429 g/mol. The van der Waals surface area contributed by atoms with Crippen molar-refractivity contribution in [3.05, 3.63) is 53.6 Å². The van der Waals surface area contributed by atoms with E-state index < -0.39 is 17.8 Å². The number of hydrazone groups is 1. The number of hydrogen-bond donors (Lipinski definition) is 2. The van der Waals surface area contributed by atoms with Crippen molar-refractivity contribution in [2.75, 3.05) is 34.5 Å². The molecule has 0 saturated carbocycles. The topological polar surface area (TPSA) is 125 Å². The number of ether oxygens (including phenoxy) is 4. The first-order valence-electron chi connectivity index (χ1n) is 9.08. The molecule has 0 atom stereocenters. The quantitative estimate of drug-likeness (QED) is 0.330. The molecule has 0 bridgehead atoms. The van der Waals surface area contributed by atoms with Gasteiger partial charge in [-0.15, -0.1) is 0 Å². The molecule has 2 amide bonds. The Kier molecular flexibility index (Phi) is 8.84. The molecule has 2 rings (SSSR count). The Morgan fingerprint density at radius 2 is 1.68 bits per heavy atom. The van der Waals surface area contributed by atoms with Crippen LogP contribution in [-0.2, 0) is 14.3 Å². The van der Waals surface area contributed by atoms with Crippen molar-refractivity contribution in [2.24, 2.45) is 5.10 Å². The molecule has 0 aliphatic heterocycles. The second-order valence-corrected chi connectivity index (χ2v) is 5.98. The Morgan fingerprint density at radius 1 is 0.968 bits per heavy atom. The molecule has 0 spiro atoms. The zero-order valence-corrected chi connectivity index (χ0v) is 17.3. The van der Waals surface area contributed by atoms with Gasteiger partial charge in [0, 0.05) is 5.56 Å². The summed E-state index contributed by atoms with van der Waals surface area (Å²) in [5.74, 6) is -0.0260. The molecule has 0 fully saturated rings. The molecule has 164 valence electrons. The molecule has 2 aromatic carbocycles. The van der Waals surface area contributed by atoms with Gasteiger partial charge >= 0.3 is 5.97 Å². The molecule has 31 heavy (non-hydrogen) atoms. The van der Waals surface area contributed by atoms with Crippen LogP contribution in [0.4, 0.5) is 0 Å². The number of hydrogen-bond acceptors (Lipinski definition) is 8. The lowest BCUT2D eigenvalue weighted by Gasteiger charge is -2.09. The third-order valence-electron chi connectivity index (χ3n) is 3.92. The summed E-state index contributed by atoms with van der Waals surface area (Å²) in [4.78, 5) is 35.1. The Bertz CT molecular complexity index is 942. The van der Waals surface area contributed by atoms with Gasteiger partial charge in [0.05, 0.1) is 34.1 Å². The number of benzene rings is 2. The number of amides is 2. The van der Waals surface area contributed by atoms with E-state index in [2.05, 4.69) is 20.6 Å². The van der Waals surface area contributed by atoms with Crippen molar-refractivity contribution >= 4 is 24.0 Å². The van der Waals surface area contributed by atoms with Crippen molar-refractivity contribution in [1.29, 1.82) is 0 Å². The summed E-state index contributed by atoms with van der Waals surface area (Å²) in [7, 11) is 4.24. The van der Waals surface area contributed by atoms with Crippen LogP contribution in [0.5, 0.6) is 17.2 Å².